The Kier molecular flexibility index (Phi) is 7.93. The molecule has 0 unspecified atom stereocenters. The summed E-state index contributed by atoms with van der Waals surface area (Å²) in [6.45, 7) is 3.50. The molecular weight excluding hydrogens is 538 g/mol. The number of rotatable bonds is 9. The van der Waals surface area contributed by atoms with Crippen LogP contribution >= 0.6 is 0 Å². The van der Waals surface area contributed by atoms with Gasteiger partial charge < -0.3 is 10.1 Å². The second kappa shape index (κ2) is 11.2. The van der Waals surface area contributed by atoms with Crippen molar-refractivity contribution >= 4 is 43.0 Å². The van der Waals surface area contributed by atoms with E-state index in [4.69, 9.17) is 4.74 Å². The summed E-state index contributed by atoms with van der Waals surface area (Å²) in [5, 5.41) is 2.67. The van der Waals surface area contributed by atoms with Gasteiger partial charge >= 0.3 is 0 Å². The fourth-order valence-corrected chi connectivity index (χ4v) is 6.12. The summed E-state index contributed by atoms with van der Waals surface area (Å²) < 4.78 is 61.7. The van der Waals surface area contributed by atoms with Crippen LogP contribution in [0.4, 0.5) is 17.1 Å². The predicted molar refractivity (Wildman–Crippen MR) is 151 cm³/mol. The van der Waals surface area contributed by atoms with Gasteiger partial charge in [-0.1, -0.05) is 18.2 Å². The molecular formula is C28H27N3O6S2. The fourth-order valence-electron chi connectivity index (χ4n) is 3.74. The molecule has 0 heterocycles. The minimum atomic E-state index is -3.95. The summed E-state index contributed by atoms with van der Waals surface area (Å²) in [6, 6.07) is 23.4. The van der Waals surface area contributed by atoms with Crippen LogP contribution in [0.1, 0.15) is 21.5 Å². The van der Waals surface area contributed by atoms with Crippen molar-refractivity contribution in [3.63, 3.8) is 0 Å². The molecule has 0 atom stereocenters. The average molecular weight is 566 g/mol. The topological polar surface area (TPSA) is 131 Å². The van der Waals surface area contributed by atoms with Gasteiger partial charge in [-0.2, -0.15) is 0 Å². The molecule has 0 aliphatic carbocycles. The number of carbonyl (C=O) groups is 1. The van der Waals surface area contributed by atoms with Crippen LogP contribution in [-0.4, -0.2) is 29.9 Å². The van der Waals surface area contributed by atoms with E-state index in [0.717, 1.165) is 5.56 Å². The van der Waals surface area contributed by atoms with Crippen LogP contribution in [0.2, 0.25) is 0 Å². The molecule has 4 aromatic rings. The third-order valence-electron chi connectivity index (χ3n) is 5.77. The maximum absolute atomic E-state index is 13.0. The number of benzene rings is 4. The molecule has 4 rings (SSSR count). The highest BCUT2D eigenvalue weighted by Gasteiger charge is 2.20. The molecule has 0 fully saturated rings. The van der Waals surface area contributed by atoms with Gasteiger partial charge in [0.05, 0.1) is 16.9 Å². The number of hydrogen-bond donors (Lipinski definition) is 3. The largest absolute Gasteiger partial charge is 0.497 e. The van der Waals surface area contributed by atoms with E-state index in [1.165, 1.54) is 43.5 Å². The molecule has 9 nitrogen and oxygen atoms in total. The van der Waals surface area contributed by atoms with Crippen molar-refractivity contribution in [2.75, 3.05) is 21.9 Å². The minimum absolute atomic E-state index is 0.00209. The highest BCUT2D eigenvalue weighted by atomic mass is 32.2. The van der Waals surface area contributed by atoms with Crippen LogP contribution in [0.25, 0.3) is 0 Å². The predicted octanol–water partition coefficient (Wildman–Crippen LogP) is 5.17. The molecule has 0 radical (unpaired) electrons. The highest BCUT2D eigenvalue weighted by Crippen LogP contribution is 2.23. The molecule has 3 N–H and O–H groups in total. The normalized spacial score (nSPS) is 11.5. The van der Waals surface area contributed by atoms with E-state index < -0.39 is 26.0 Å². The number of hydrogen-bond acceptors (Lipinski definition) is 6. The maximum Gasteiger partial charge on any atom is 0.262 e. The first-order valence-electron chi connectivity index (χ1n) is 11.8. The third kappa shape index (κ3) is 6.75. The first-order valence-corrected chi connectivity index (χ1v) is 14.7. The van der Waals surface area contributed by atoms with Crippen LogP contribution in [0.5, 0.6) is 5.75 Å². The van der Waals surface area contributed by atoms with Gasteiger partial charge in [-0.05, 0) is 97.8 Å². The summed E-state index contributed by atoms with van der Waals surface area (Å²) in [5.74, 6) is 0.0489. The Morgan fingerprint density at radius 1 is 0.692 bits per heavy atom. The van der Waals surface area contributed by atoms with Gasteiger partial charge in [-0.3, -0.25) is 14.2 Å². The molecule has 4 aromatic carbocycles. The number of anilines is 3. The molecule has 0 bridgehead atoms. The van der Waals surface area contributed by atoms with Gasteiger partial charge in [0.2, 0.25) is 0 Å². The lowest BCUT2D eigenvalue weighted by atomic mass is 10.1. The Hall–Kier alpha value is -4.35. The van der Waals surface area contributed by atoms with Crippen LogP contribution in [0.3, 0.4) is 0 Å². The first-order chi connectivity index (χ1) is 18.5. The Bertz CT molecular complexity index is 1720. The summed E-state index contributed by atoms with van der Waals surface area (Å²) in [6.07, 6.45) is 0. The number of nitrogens with one attached hydrogen (secondary N) is 3. The van der Waals surface area contributed by atoms with Crippen molar-refractivity contribution in [1.82, 2.24) is 0 Å². The summed E-state index contributed by atoms with van der Waals surface area (Å²) in [5.41, 5.74) is 2.63. The molecule has 0 spiro atoms. The fraction of sp³-hybridized carbons (Fsp3) is 0.107. The molecule has 0 aliphatic heterocycles. The molecule has 0 aliphatic rings. The van der Waals surface area contributed by atoms with Gasteiger partial charge in [0.25, 0.3) is 26.0 Å². The lowest BCUT2D eigenvalue weighted by molar-refractivity contribution is 0.102. The first kappa shape index (κ1) is 27.7. The van der Waals surface area contributed by atoms with E-state index in [1.54, 1.807) is 55.5 Å². The Morgan fingerprint density at radius 2 is 1.33 bits per heavy atom. The third-order valence-corrected chi connectivity index (χ3v) is 8.70. The standard InChI is InChI=1S/C28H27N3O6S2/c1-19-5-4-6-24(17-19)31-39(35,36)27-18-21(8-7-20(27)2)28(32)29-22-11-15-26(16-12-22)38(33,34)30-23-9-13-25(37-3)14-10-23/h4-18,30-31H,1-3H3,(H,29,32). The van der Waals surface area contributed by atoms with Crippen molar-refractivity contribution < 1.29 is 26.4 Å². The zero-order valence-corrected chi connectivity index (χ0v) is 23.1. The molecule has 1 amide bonds. The van der Waals surface area contributed by atoms with E-state index in [0.29, 0.717) is 28.4 Å². The van der Waals surface area contributed by atoms with Crippen molar-refractivity contribution in [3.05, 3.63) is 108 Å². The van der Waals surface area contributed by atoms with E-state index >= 15 is 0 Å². The van der Waals surface area contributed by atoms with Crippen molar-refractivity contribution in [3.8, 4) is 5.75 Å². The Morgan fingerprint density at radius 3 is 1.97 bits per heavy atom. The SMILES string of the molecule is COc1ccc(NS(=O)(=O)c2ccc(NC(=O)c3ccc(C)c(S(=O)(=O)Nc4cccc(C)c4)c3)cc2)cc1. The summed E-state index contributed by atoms with van der Waals surface area (Å²) in [4.78, 5) is 12.9. The van der Waals surface area contributed by atoms with E-state index in [2.05, 4.69) is 14.8 Å². The van der Waals surface area contributed by atoms with Crippen LogP contribution < -0.4 is 19.5 Å². The minimum Gasteiger partial charge on any atom is -0.497 e. The second-order valence-electron chi connectivity index (χ2n) is 8.77. The van der Waals surface area contributed by atoms with Crippen LogP contribution in [-0.2, 0) is 20.0 Å². The molecule has 0 saturated heterocycles. The van der Waals surface area contributed by atoms with Gasteiger partial charge in [-0.15, -0.1) is 0 Å². The maximum atomic E-state index is 13.0. The number of amides is 1. The number of methoxy groups -OCH3 is 1. The van der Waals surface area contributed by atoms with Gasteiger partial charge in [0.1, 0.15) is 5.75 Å². The van der Waals surface area contributed by atoms with E-state index in [1.807, 2.05) is 13.0 Å². The number of ether oxygens (including phenoxy) is 1. The van der Waals surface area contributed by atoms with Gasteiger partial charge in [0.15, 0.2) is 0 Å². The van der Waals surface area contributed by atoms with E-state index in [-0.39, 0.29) is 15.4 Å². The van der Waals surface area contributed by atoms with Crippen molar-refractivity contribution in [1.29, 1.82) is 0 Å². The molecule has 0 saturated carbocycles. The number of sulfonamides is 2. The zero-order chi connectivity index (χ0) is 28.2. The number of carbonyl (C=O) groups excluding carboxylic acids is 1. The molecule has 202 valence electrons. The lowest BCUT2D eigenvalue weighted by Gasteiger charge is -2.13. The van der Waals surface area contributed by atoms with Crippen molar-refractivity contribution in [2.45, 2.75) is 23.6 Å². The average Bonchev–Trinajstić information content (AvgIpc) is 2.89. The summed E-state index contributed by atoms with van der Waals surface area (Å²) >= 11 is 0. The molecule has 11 heteroatoms. The summed E-state index contributed by atoms with van der Waals surface area (Å²) in [7, 11) is -6.30. The smallest absolute Gasteiger partial charge is 0.262 e. The highest BCUT2D eigenvalue weighted by molar-refractivity contribution is 7.93. The van der Waals surface area contributed by atoms with Crippen LogP contribution in [0.15, 0.2) is 101 Å². The molecule has 0 aromatic heterocycles. The Balaban J connectivity index is 1.48. The van der Waals surface area contributed by atoms with Crippen molar-refractivity contribution in [2.24, 2.45) is 0 Å². The van der Waals surface area contributed by atoms with Gasteiger partial charge in [-0.25, -0.2) is 16.8 Å². The number of aryl methyl sites for hydroxylation is 2. The quantitative estimate of drug-likeness (QED) is 0.257. The van der Waals surface area contributed by atoms with Gasteiger partial charge in [0, 0.05) is 22.6 Å². The zero-order valence-electron chi connectivity index (χ0n) is 21.4. The lowest BCUT2D eigenvalue weighted by Crippen LogP contribution is -2.17. The Labute approximate surface area is 228 Å². The monoisotopic (exact) mass is 565 g/mol. The second-order valence-corrected chi connectivity index (χ2v) is 12.1. The van der Waals surface area contributed by atoms with Crippen LogP contribution in [0, 0.1) is 13.8 Å². The molecule has 39 heavy (non-hydrogen) atoms. The van der Waals surface area contributed by atoms with E-state index in [9.17, 15) is 21.6 Å².